The van der Waals surface area contributed by atoms with Crippen LogP contribution in [-0.4, -0.2) is 28.3 Å². The Balaban J connectivity index is 1.61. The van der Waals surface area contributed by atoms with E-state index >= 15 is 0 Å². The Bertz CT molecular complexity index is 879. The van der Waals surface area contributed by atoms with Gasteiger partial charge in [-0.3, -0.25) is 4.79 Å². The van der Waals surface area contributed by atoms with Gasteiger partial charge in [-0.1, -0.05) is 52.0 Å². The van der Waals surface area contributed by atoms with Gasteiger partial charge in [0.1, 0.15) is 5.75 Å². The van der Waals surface area contributed by atoms with Crippen molar-refractivity contribution in [3.8, 4) is 5.75 Å². The first-order chi connectivity index (χ1) is 12.5. The van der Waals surface area contributed by atoms with Crippen LogP contribution in [-0.2, 0) is 6.42 Å². The third kappa shape index (κ3) is 4.74. The van der Waals surface area contributed by atoms with Crippen molar-refractivity contribution in [2.45, 2.75) is 23.8 Å². The molecule has 0 radical (unpaired) electrons. The van der Waals surface area contributed by atoms with Crippen LogP contribution in [0.25, 0.3) is 0 Å². The lowest BCUT2D eigenvalue weighted by Crippen LogP contribution is -2.13. The molecule has 0 saturated carbocycles. The molecule has 7 heteroatoms. The minimum Gasteiger partial charge on any atom is -0.497 e. The van der Waals surface area contributed by atoms with E-state index in [0.717, 1.165) is 15.8 Å². The summed E-state index contributed by atoms with van der Waals surface area (Å²) in [7, 11) is 1.63. The molecule has 134 valence electrons. The quantitative estimate of drug-likeness (QED) is 0.394. The zero-order chi connectivity index (χ0) is 18.5. The lowest BCUT2D eigenvalue weighted by Gasteiger charge is -2.07. The number of Topliss-reactive ketones (excluding diaryl/α,β-unsaturated/α-hetero) is 1. The van der Waals surface area contributed by atoms with Crippen molar-refractivity contribution in [2.75, 3.05) is 7.11 Å². The van der Waals surface area contributed by atoms with E-state index in [1.54, 1.807) is 19.2 Å². The molecule has 0 aliphatic carbocycles. The van der Waals surface area contributed by atoms with Gasteiger partial charge in [-0.25, -0.2) is 0 Å². The second-order valence-corrected chi connectivity index (χ2v) is 7.83. The minimum absolute atomic E-state index is 0.0254. The fraction of sp³-hybridized carbons (Fsp3) is 0.211. The Morgan fingerprint density at radius 3 is 2.50 bits per heavy atom. The normalized spacial score (nSPS) is 12.0. The summed E-state index contributed by atoms with van der Waals surface area (Å²) in [6.45, 7) is 1.84. The Morgan fingerprint density at radius 1 is 1.15 bits per heavy atom. The molecule has 0 N–H and O–H groups in total. The maximum atomic E-state index is 12.5. The molecule has 1 heterocycles. The number of thioether (sulfide) groups is 1. The van der Waals surface area contributed by atoms with Gasteiger partial charge in [0.2, 0.25) is 5.89 Å². The van der Waals surface area contributed by atoms with E-state index in [1.165, 1.54) is 11.8 Å². The average molecular weight is 433 g/mol. The minimum atomic E-state index is -0.314. The van der Waals surface area contributed by atoms with Crippen molar-refractivity contribution in [2.24, 2.45) is 0 Å². The number of hydrogen-bond acceptors (Lipinski definition) is 6. The number of nitrogens with zero attached hydrogens (tertiary/aromatic N) is 2. The molecule has 1 unspecified atom stereocenters. The fourth-order valence-corrected chi connectivity index (χ4v) is 3.37. The van der Waals surface area contributed by atoms with Crippen LogP contribution in [0.2, 0.25) is 0 Å². The summed E-state index contributed by atoms with van der Waals surface area (Å²) in [5.74, 6) is 1.34. The molecule has 0 spiro atoms. The zero-order valence-corrected chi connectivity index (χ0v) is 16.7. The van der Waals surface area contributed by atoms with Gasteiger partial charge in [0.05, 0.1) is 18.8 Å². The Kier molecular flexibility index (Phi) is 6.11. The lowest BCUT2D eigenvalue weighted by molar-refractivity contribution is 0.0993. The van der Waals surface area contributed by atoms with Gasteiger partial charge in [0.15, 0.2) is 5.78 Å². The van der Waals surface area contributed by atoms with Gasteiger partial charge in [0, 0.05) is 10.0 Å². The first kappa shape index (κ1) is 18.7. The van der Waals surface area contributed by atoms with Gasteiger partial charge in [-0.2, -0.15) is 0 Å². The van der Waals surface area contributed by atoms with E-state index in [0.29, 0.717) is 23.1 Å². The second kappa shape index (κ2) is 8.51. The summed E-state index contributed by atoms with van der Waals surface area (Å²) in [6.07, 6.45) is 0.534. The molecule has 3 aromatic rings. The number of benzene rings is 2. The van der Waals surface area contributed by atoms with Crippen molar-refractivity contribution in [1.29, 1.82) is 0 Å². The summed E-state index contributed by atoms with van der Waals surface area (Å²) >= 11 is 4.63. The average Bonchev–Trinajstić information content (AvgIpc) is 3.09. The monoisotopic (exact) mass is 432 g/mol. The van der Waals surface area contributed by atoms with Crippen LogP contribution in [0.1, 0.15) is 28.7 Å². The van der Waals surface area contributed by atoms with E-state index in [4.69, 9.17) is 9.15 Å². The van der Waals surface area contributed by atoms with Crippen LogP contribution < -0.4 is 4.74 Å². The zero-order valence-electron chi connectivity index (χ0n) is 14.3. The third-order valence-corrected chi connectivity index (χ3v) is 5.20. The van der Waals surface area contributed by atoms with Crippen molar-refractivity contribution in [3.05, 3.63) is 70.0 Å². The highest BCUT2D eigenvalue weighted by atomic mass is 79.9. The van der Waals surface area contributed by atoms with Crippen LogP contribution in [0, 0.1) is 0 Å². The molecule has 2 aromatic carbocycles. The largest absolute Gasteiger partial charge is 0.497 e. The number of ether oxygens (including phenoxy) is 1. The molecule has 1 atom stereocenters. The van der Waals surface area contributed by atoms with E-state index in [-0.39, 0.29) is 11.0 Å². The predicted octanol–water partition coefficient (Wildman–Crippen LogP) is 4.80. The van der Waals surface area contributed by atoms with Crippen molar-refractivity contribution < 1.29 is 13.9 Å². The van der Waals surface area contributed by atoms with Gasteiger partial charge < -0.3 is 9.15 Å². The Hall–Kier alpha value is -2.12. The summed E-state index contributed by atoms with van der Waals surface area (Å²) < 4.78 is 11.8. The van der Waals surface area contributed by atoms with Crippen LogP contribution in [0.3, 0.4) is 0 Å². The summed E-state index contributed by atoms with van der Waals surface area (Å²) in [4.78, 5) is 12.5. The highest BCUT2D eigenvalue weighted by Gasteiger charge is 2.19. The summed E-state index contributed by atoms with van der Waals surface area (Å²) in [5, 5.41) is 8.18. The first-order valence-corrected chi connectivity index (χ1v) is 9.64. The fourth-order valence-electron chi connectivity index (χ4n) is 2.33. The molecular formula is C19H17BrN2O3S. The molecule has 0 amide bonds. The topological polar surface area (TPSA) is 65.2 Å². The SMILES string of the molecule is COc1ccc(Cc2nnc(SC(C)C(=O)c3ccc(Br)cc3)o2)cc1. The smallest absolute Gasteiger partial charge is 0.277 e. The molecule has 3 rings (SSSR count). The lowest BCUT2D eigenvalue weighted by atomic mass is 10.1. The molecule has 26 heavy (non-hydrogen) atoms. The van der Waals surface area contributed by atoms with Crippen LogP contribution in [0.5, 0.6) is 5.75 Å². The molecule has 1 aromatic heterocycles. The first-order valence-electron chi connectivity index (χ1n) is 7.97. The molecule has 5 nitrogen and oxygen atoms in total. The highest BCUT2D eigenvalue weighted by Crippen LogP contribution is 2.26. The number of hydrogen-bond donors (Lipinski definition) is 0. The molecule has 0 fully saturated rings. The maximum absolute atomic E-state index is 12.5. The van der Waals surface area contributed by atoms with Crippen molar-refractivity contribution in [3.63, 3.8) is 0 Å². The van der Waals surface area contributed by atoms with Crippen LogP contribution in [0.15, 0.2) is 62.6 Å². The summed E-state index contributed by atoms with van der Waals surface area (Å²) in [6, 6.07) is 15.0. The van der Waals surface area contributed by atoms with Crippen molar-refractivity contribution >= 4 is 33.5 Å². The van der Waals surface area contributed by atoms with Gasteiger partial charge in [-0.15, -0.1) is 10.2 Å². The molecule has 0 aliphatic heterocycles. The molecule has 0 aliphatic rings. The number of rotatable bonds is 7. The Labute approximate surface area is 164 Å². The Morgan fingerprint density at radius 2 is 1.85 bits per heavy atom. The number of halogens is 1. The molecular weight excluding hydrogens is 416 g/mol. The number of carbonyl (C=O) groups excluding carboxylic acids is 1. The second-order valence-electron chi connectivity index (χ2n) is 5.62. The van der Waals surface area contributed by atoms with Crippen LogP contribution in [0.4, 0.5) is 0 Å². The predicted molar refractivity (Wildman–Crippen MR) is 104 cm³/mol. The van der Waals surface area contributed by atoms with Gasteiger partial charge in [0.25, 0.3) is 5.22 Å². The standard InChI is InChI=1S/C19H17BrN2O3S/c1-12(18(23)14-5-7-15(20)8-6-14)26-19-22-21-17(25-19)11-13-3-9-16(24-2)10-4-13/h3-10,12H,11H2,1-2H3. The van der Waals surface area contributed by atoms with Crippen molar-refractivity contribution in [1.82, 2.24) is 10.2 Å². The maximum Gasteiger partial charge on any atom is 0.277 e. The van der Waals surface area contributed by atoms with E-state index in [1.807, 2.05) is 43.3 Å². The summed E-state index contributed by atoms with van der Waals surface area (Å²) in [5.41, 5.74) is 1.70. The molecule has 0 bridgehead atoms. The number of aromatic nitrogens is 2. The van der Waals surface area contributed by atoms with Crippen LogP contribution >= 0.6 is 27.7 Å². The number of methoxy groups -OCH3 is 1. The van der Waals surface area contributed by atoms with E-state index in [2.05, 4.69) is 26.1 Å². The molecule has 0 saturated heterocycles. The van der Waals surface area contributed by atoms with E-state index < -0.39 is 0 Å². The number of ketones is 1. The number of carbonyl (C=O) groups is 1. The van der Waals surface area contributed by atoms with Gasteiger partial charge in [-0.05, 0) is 36.8 Å². The van der Waals surface area contributed by atoms with Gasteiger partial charge >= 0.3 is 0 Å². The highest BCUT2D eigenvalue weighted by molar-refractivity contribution is 9.10. The third-order valence-electron chi connectivity index (χ3n) is 3.74. The van der Waals surface area contributed by atoms with E-state index in [9.17, 15) is 4.79 Å².